The molecule has 1 amide bonds. The van der Waals surface area contributed by atoms with E-state index in [0.29, 0.717) is 19.0 Å². The van der Waals surface area contributed by atoms with E-state index < -0.39 is 0 Å². The number of aromatic nitrogens is 2. The smallest absolute Gasteiger partial charge is 0.329 e. The standard InChI is InChI=1S/C21H32N4O2/c1-5-24-17-10-6-7-11-18(17)25(20(24)27)14-19(26)22-15-21(3,4)23-12-8-9-16(2)13-23/h6-7,10-11,16H,5,8-9,12-15H2,1-4H3,(H,22,26). The number of aryl methyl sites for hydroxylation is 1. The van der Waals surface area contributed by atoms with E-state index in [1.54, 1.807) is 9.13 Å². The molecule has 1 aromatic heterocycles. The van der Waals surface area contributed by atoms with E-state index in [2.05, 4.69) is 31.0 Å². The summed E-state index contributed by atoms with van der Waals surface area (Å²) in [6, 6.07) is 7.64. The van der Waals surface area contributed by atoms with Crippen LogP contribution < -0.4 is 11.0 Å². The number of imidazole rings is 1. The topological polar surface area (TPSA) is 59.3 Å². The zero-order valence-electron chi connectivity index (χ0n) is 17.0. The predicted octanol–water partition coefficient (Wildman–Crippen LogP) is 2.45. The molecule has 2 aromatic rings. The van der Waals surface area contributed by atoms with E-state index >= 15 is 0 Å². The summed E-state index contributed by atoms with van der Waals surface area (Å²) < 4.78 is 3.28. The van der Waals surface area contributed by atoms with Gasteiger partial charge in [-0.3, -0.25) is 18.8 Å². The molecular weight excluding hydrogens is 340 g/mol. The Hall–Kier alpha value is -2.08. The maximum atomic E-state index is 12.7. The fourth-order valence-corrected chi connectivity index (χ4v) is 4.10. The lowest BCUT2D eigenvalue weighted by molar-refractivity contribution is -0.122. The number of likely N-dealkylation sites (tertiary alicyclic amines) is 1. The van der Waals surface area contributed by atoms with Crippen molar-refractivity contribution < 1.29 is 4.79 Å². The van der Waals surface area contributed by atoms with Crippen molar-refractivity contribution in [1.82, 2.24) is 19.4 Å². The first-order valence-electron chi connectivity index (χ1n) is 10.0. The number of hydrogen-bond donors (Lipinski definition) is 1. The van der Waals surface area contributed by atoms with Crippen molar-refractivity contribution in [2.45, 2.75) is 59.2 Å². The van der Waals surface area contributed by atoms with Crippen LogP contribution in [0.25, 0.3) is 11.0 Å². The summed E-state index contributed by atoms with van der Waals surface area (Å²) in [5, 5.41) is 3.05. The van der Waals surface area contributed by atoms with Gasteiger partial charge in [-0.1, -0.05) is 19.1 Å². The molecule has 1 unspecified atom stereocenters. The molecule has 2 heterocycles. The summed E-state index contributed by atoms with van der Waals surface area (Å²) in [5.74, 6) is 0.585. The number of nitrogens with one attached hydrogen (secondary N) is 1. The van der Waals surface area contributed by atoms with Gasteiger partial charge in [0.2, 0.25) is 5.91 Å². The van der Waals surface area contributed by atoms with Gasteiger partial charge < -0.3 is 5.32 Å². The molecule has 0 bridgehead atoms. The number of piperidine rings is 1. The minimum Gasteiger partial charge on any atom is -0.353 e. The summed E-state index contributed by atoms with van der Waals surface area (Å²) >= 11 is 0. The fraction of sp³-hybridized carbons (Fsp3) is 0.619. The maximum absolute atomic E-state index is 12.7. The van der Waals surface area contributed by atoms with Crippen molar-refractivity contribution in [3.8, 4) is 0 Å². The molecule has 1 aliphatic heterocycles. The van der Waals surface area contributed by atoms with Crippen LogP contribution in [0.2, 0.25) is 0 Å². The number of nitrogens with zero attached hydrogens (tertiary/aromatic N) is 3. The van der Waals surface area contributed by atoms with Gasteiger partial charge in [-0.2, -0.15) is 0 Å². The molecule has 0 radical (unpaired) electrons. The van der Waals surface area contributed by atoms with Gasteiger partial charge in [-0.25, -0.2) is 4.79 Å². The summed E-state index contributed by atoms with van der Waals surface area (Å²) in [5.41, 5.74) is 1.47. The van der Waals surface area contributed by atoms with Crippen LogP contribution >= 0.6 is 0 Å². The highest BCUT2D eigenvalue weighted by Crippen LogP contribution is 2.23. The zero-order chi connectivity index (χ0) is 19.6. The molecule has 6 nitrogen and oxygen atoms in total. The predicted molar refractivity (Wildman–Crippen MR) is 109 cm³/mol. The van der Waals surface area contributed by atoms with Gasteiger partial charge in [0.1, 0.15) is 6.54 Å². The van der Waals surface area contributed by atoms with Crippen LogP contribution in [0.4, 0.5) is 0 Å². The van der Waals surface area contributed by atoms with Gasteiger partial charge >= 0.3 is 5.69 Å². The second-order valence-electron chi connectivity index (χ2n) is 8.38. The van der Waals surface area contributed by atoms with Gasteiger partial charge in [0.25, 0.3) is 0 Å². The quantitative estimate of drug-likeness (QED) is 0.847. The van der Waals surface area contributed by atoms with Gasteiger partial charge in [0, 0.05) is 25.2 Å². The van der Waals surface area contributed by atoms with Crippen molar-refractivity contribution in [2.75, 3.05) is 19.6 Å². The van der Waals surface area contributed by atoms with Crippen molar-refractivity contribution in [3.63, 3.8) is 0 Å². The Kier molecular flexibility index (Phi) is 5.75. The highest BCUT2D eigenvalue weighted by atomic mass is 16.2. The Balaban J connectivity index is 1.69. The first kappa shape index (κ1) is 19.7. The number of para-hydroxylation sites is 2. The summed E-state index contributed by atoms with van der Waals surface area (Å²) in [6.45, 7) is 12.0. The Morgan fingerprint density at radius 1 is 1.22 bits per heavy atom. The molecule has 1 aromatic carbocycles. The first-order valence-corrected chi connectivity index (χ1v) is 10.0. The van der Waals surface area contributed by atoms with E-state index in [1.807, 2.05) is 31.2 Å². The molecule has 1 atom stereocenters. The van der Waals surface area contributed by atoms with Crippen LogP contribution in [0, 0.1) is 5.92 Å². The monoisotopic (exact) mass is 372 g/mol. The van der Waals surface area contributed by atoms with E-state index in [4.69, 9.17) is 0 Å². The number of carbonyl (C=O) groups excluding carboxylic acids is 1. The molecule has 1 saturated heterocycles. The molecule has 0 saturated carbocycles. The fourth-order valence-electron chi connectivity index (χ4n) is 4.10. The molecule has 1 fully saturated rings. The largest absolute Gasteiger partial charge is 0.353 e. The van der Waals surface area contributed by atoms with Crippen LogP contribution in [0.3, 0.4) is 0 Å². The van der Waals surface area contributed by atoms with Crippen molar-refractivity contribution >= 4 is 16.9 Å². The number of amides is 1. The second kappa shape index (κ2) is 7.89. The second-order valence-corrected chi connectivity index (χ2v) is 8.38. The lowest BCUT2D eigenvalue weighted by atomic mass is 9.93. The minimum absolute atomic E-state index is 0.0544. The van der Waals surface area contributed by atoms with E-state index in [9.17, 15) is 9.59 Å². The summed E-state index contributed by atoms with van der Waals surface area (Å²) in [6.07, 6.45) is 2.49. The van der Waals surface area contributed by atoms with Crippen LogP contribution in [-0.2, 0) is 17.9 Å². The van der Waals surface area contributed by atoms with E-state index in [0.717, 1.165) is 24.1 Å². The zero-order valence-corrected chi connectivity index (χ0v) is 17.0. The Morgan fingerprint density at radius 3 is 2.52 bits per heavy atom. The third-order valence-electron chi connectivity index (χ3n) is 5.77. The minimum atomic E-state index is -0.127. The molecule has 27 heavy (non-hydrogen) atoms. The van der Waals surface area contributed by atoms with Gasteiger partial charge in [0.15, 0.2) is 0 Å². The Morgan fingerprint density at radius 2 is 1.89 bits per heavy atom. The van der Waals surface area contributed by atoms with E-state index in [-0.39, 0.29) is 23.7 Å². The average molecular weight is 373 g/mol. The highest BCUT2D eigenvalue weighted by Gasteiger charge is 2.30. The molecule has 148 valence electrons. The number of carbonyl (C=O) groups is 1. The molecular formula is C21H32N4O2. The molecule has 3 rings (SSSR count). The van der Waals surface area contributed by atoms with Crippen molar-refractivity contribution in [3.05, 3.63) is 34.7 Å². The van der Waals surface area contributed by atoms with Crippen LogP contribution in [0.5, 0.6) is 0 Å². The van der Waals surface area contributed by atoms with Gasteiger partial charge in [-0.15, -0.1) is 0 Å². The van der Waals surface area contributed by atoms with Crippen molar-refractivity contribution in [2.24, 2.45) is 5.92 Å². The Bertz CT molecular complexity index is 865. The van der Waals surface area contributed by atoms with Crippen LogP contribution in [0.1, 0.15) is 40.5 Å². The molecule has 0 spiro atoms. The lowest BCUT2D eigenvalue weighted by Gasteiger charge is -2.43. The highest BCUT2D eigenvalue weighted by molar-refractivity contribution is 5.81. The van der Waals surface area contributed by atoms with Crippen LogP contribution in [-0.4, -0.2) is 45.1 Å². The lowest BCUT2D eigenvalue weighted by Crippen LogP contribution is -2.55. The third-order valence-corrected chi connectivity index (χ3v) is 5.77. The van der Waals surface area contributed by atoms with Gasteiger partial charge in [0.05, 0.1) is 11.0 Å². The Labute approximate surface area is 161 Å². The molecule has 0 aliphatic carbocycles. The molecule has 6 heteroatoms. The molecule has 1 N–H and O–H groups in total. The number of fused-ring (bicyclic) bond motifs is 1. The third kappa shape index (κ3) is 4.10. The summed E-state index contributed by atoms with van der Waals surface area (Å²) in [7, 11) is 0. The van der Waals surface area contributed by atoms with Gasteiger partial charge in [-0.05, 0) is 58.2 Å². The van der Waals surface area contributed by atoms with Crippen molar-refractivity contribution in [1.29, 1.82) is 0 Å². The average Bonchev–Trinajstić information content (AvgIpc) is 2.91. The molecule has 1 aliphatic rings. The normalized spacial score (nSPS) is 18.7. The summed E-state index contributed by atoms with van der Waals surface area (Å²) in [4.78, 5) is 27.7. The SMILES string of the molecule is CCn1c(=O)n(CC(=O)NCC(C)(C)N2CCCC(C)C2)c2ccccc21. The number of rotatable bonds is 6. The number of hydrogen-bond acceptors (Lipinski definition) is 3. The van der Waals surface area contributed by atoms with E-state index in [1.165, 1.54) is 12.8 Å². The number of benzene rings is 1. The van der Waals surface area contributed by atoms with Crippen LogP contribution in [0.15, 0.2) is 29.1 Å². The first-order chi connectivity index (χ1) is 12.8. The maximum Gasteiger partial charge on any atom is 0.329 e.